The summed E-state index contributed by atoms with van der Waals surface area (Å²) in [6, 6.07) is 15.6. The Bertz CT molecular complexity index is 792. The fourth-order valence-corrected chi connectivity index (χ4v) is 3.80. The Morgan fingerprint density at radius 1 is 0.960 bits per heavy atom. The van der Waals surface area contributed by atoms with Crippen molar-refractivity contribution in [3.63, 3.8) is 0 Å². The minimum atomic E-state index is -0.142. The number of nitrogens with one attached hydrogen (secondary N) is 1. The van der Waals surface area contributed by atoms with Crippen LogP contribution in [-0.4, -0.2) is 29.8 Å². The summed E-state index contributed by atoms with van der Waals surface area (Å²) >= 11 is 0. The maximum atomic E-state index is 12.6. The molecule has 4 nitrogen and oxygen atoms in total. The number of amides is 2. The molecule has 2 heterocycles. The Morgan fingerprint density at radius 3 is 2.44 bits per heavy atom. The van der Waals surface area contributed by atoms with E-state index in [1.807, 2.05) is 47.4 Å². The third-order valence-corrected chi connectivity index (χ3v) is 5.16. The smallest absolute Gasteiger partial charge is 0.253 e. The number of hydrogen-bond donors (Lipinski definition) is 1. The molecule has 2 aliphatic heterocycles. The molecule has 2 aromatic rings. The van der Waals surface area contributed by atoms with E-state index in [-0.39, 0.29) is 17.9 Å². The number of carbonyl (C=O) groups is 2. The fraction of sp³-hybridized carbons (Fsp3) is 0.333. The van der Waals surface area contributed by atoms with E-state index in [9.17, 15) is 9.59 Å². The van der Waals surface area contributed by atoms with Crippen LogP contribution in [0.4, 0.5) is 0 Å². The van der Waals surface area contributed by atoms with Gasteiger partial charge in [-0.05, 0) is 48.1 Å². The van der Waals surface area contributed by atoms with Gasteiger partial charge in [-0.25, -0.2) is 0 Å². The number of benzene rings is 2. The number of hydrogen-bond acceptors (Lipinski definition) is 2. The van der Waals surface area contributed by atoms with Crippen LogP contribution in [0.5, 0.6) is 0 Å². The summed E-state index contributed by atoms with van der Waals surface area (Å²) < 4.78 is 0. The van der Waals surface area contributed by atoms with Crippen molar-refractivity contribution in [2.75, 3.05) is 13.1 Å². The molecule has 1 N–H and O–H groups in total. The Kier molecular flexibility index (Phi) is 4.26. The molecule has 0 aliphatic carbocycles. The topological polar surface area (TPSA) is 49.4 Å². The lowest BCUT2D eigenvalue weighted by Gasteiger charge is -2.28. The Morgan fingerprint density at radius 2 is 1.68 bits per heavy atom. The Hall–Kier alpha value is -2.62. The third kappa shape index (κ3) is 3.16. The van der Waals surface area contributed by atoms with Gasteiger partial charge in [0.25, 0.3) is 5.91 Å². The molecule has 2 aromatic carbocycles. The number of likely N-dealkylation sites (tertiary alicyclic amines) is 1. The van der Waals surface area contributed by atoms with Crippen LogP contribution >= 0.6 is 0 Å². The molecule has 1 saturated heterocycles. The molecule has 25 heavy (non-hydrogen) atoms. The van der Waals surface area contributed by atoms with Gasteiger partial charge < -0.3 is 10.2 Å². The molecular formula is C21H22N2O2. The molecule has 1 atom stereocenters. The molecule has 128 valence electrons. The maximum absolute atomic E-state index is 12.6. The minimum absolute atomic E-state index is 0.0390. The van der Waals surface area contributed by atoms with Crippen LogP contribution in [-0.2, 0) is 11.2 Å². The third-order valence-electron chi connectivity index (χ3n) is 5.16. The van der Waals surface area contributed by atoms with Crippen LogP contribution in [0.3, 0.4) is 0 Å². The summed E-state index contributed by atoms with van der Waals surface area (Å²) in [7, 11) is 0. The van der Waals surface area contributed by atoms with Crippen molar-refractivity contribution < 1.29 is 9.59 Å². The Labute approximate surface area is 147 Å². The van der Waals surface area contributed by atoms with E-state index in [2.05, 4.69) is 11.4 Å². The summed E-state index contributed by atoms with van der Waals surface area (Å²) in [6.45, 7) is 1.71. The second kappa shape index (κ2) is 6.71. The van der Waals surface area contributed by atoms with Crippen LogP contribution in [0, 0.1) is 0 Å². The van der Waals surface area contributed by atoms with Gasteiger partial charge in [0.1, 0.15) is 0 Å². The average Bonchev–Trinajstić information content (AvgIpc) is 2.67. The first-order valence-electron chi connectivity index (χ1n) is 8.99. The Balaban J connectivity index is 1.58. The summed E-state index contributed by atoms with van der Waals surface area (Å²) in [5.41, 5.74) is 3.94. The van der Waals surface area contributed by atoms with Crippen molar-refractivity contribution >= 4 is 11.8 Å². The lowest BCUT2D eigenvalue weighted by atomic mass is 9.89. The summed E-state index contributed by atoms with van der Waals surface area (Å²) in [5, 5.41) is 3.07. The molecule has 2 amide bonds. The molecule has 0 spiro atoms. The summed E-state index contributed by atoms with van der Waals surface area (Å²) in [5.74, 6) is 0.150. The molecule has 1 unspecified atom stereocenters. The molecular weight excluding hydrogens is 312 g/mol. The quantitative estimate of drug-likeness (QED) is 0.917. The summed E-state index contributed by atoms with van der Waals surface area (Å²) in [6.07, 6.45) is 3.82. The molecule has 4 rings (SSSR count). The predicted molar refractivity (Wildman–Crippen MR) is 96.3 cm³/mol. The van der Waals surface area contributed by atoms with E-state index in [0.29, 0.717) is 6.42 Å². The van der Waals surface area contributed by atoms with Crippen LogP contribution in [0.2, 0.25) is 0 Å². The first-order chi connectivity index (χ1) is 12.2. The van der Waals surface area contributed by atoms with Crippen LogP contribution in [0.15, 0.2) is 48.5 Å². The number of carbonyl (C=O) groups excluding carboxylic acids is 2. The highest BCUT2D eigenvalue weighted by molar-refractivity contribution is 5.94. The second-order valence-corrected chi connectivity index (χ2v) is 6.85. The highest BCUT2D eigenvalue weighted by Crippen LogP contribution is 2.29. The largest absolute Gasteiger partial charge is 0.345 e. The number of nitrogens with zero attached hydrogens (tertiary/aromatic N) is 1. The van der Waals surface area contributed by atoms with Crippen molar-refractivity contribution in [2.24, 2.45) is 0 Å². The molecule has 0 aromatic heterocycles. The van der Waals surface area contributed by atoms with Crippen LogP contribution in [0.25, 0.3) is 0 Å². The van der Waals surface area contributed by atoms with Gasteiger partial charge in [-0.1, -0.05) is 36.4 Å². The van der Waals surface area contributed by atoms with Gasteiger partial charge in [-0.15, -0.1) is 0 Å². The highest BCUT2D eigenvalue weighted by Gasteiger charge is 2.25. The van der Waals surface area contributed by atoms with Crippen molar-refractivity contribution in [3.8, 4) is 0 Å². The number of piperidine rings is 1. The first-order valence-corrected chi connectivity index (χ1v) is 8.99. The molecule has 2 aliphatic rings. The number of rotatable bonds is 2. The zero-order valence-electron chi connectivity index (χ0n) is 14.2. The van der Waals surface area contributed by atoms with E-state index in [4.69, 9.17) is 0 Å². The van der Waals surface area contributed by atoms with Gasteiger partial charge in [-0.2, -0.15) is 0 Å². The molecule has 0 saturated carbocycles. The van der Waals surface area contributed by atoms with E-state index in [1.165, 1.54) is 6.42 Å². The highest BCUT2D eigenvalue weighted by atomic mass is 16.2. The fourth-order valence-electron chi connectivity index (χ4n) is 3.80. The lowest BCUT2D eigenvalue weighted by molar-refractivity contribution is -0.121. The molecule has 4 heteroatoms. The first kappa shape index (κ1) is 15.9. The standard InChI is InChI=1S/C21H22N2O2/c24-19-14-17-6-2-3-7-18(17)20(22-19)15-8-10-16(11-9-15)21(25)23-12-4-1-5-13-23/h2-3,6-11,20H,1,4-5,12-14H2,(H,22,24). The summed E-state index contributed by atoms with van der Waals surface area (Å²) in [4.78, 5) is 26.6. The predicted octanol–water partition coefficient (Wildman–Crippen LogP) is 3.07. The molecule has 0 radical (unpaired) electrons. The zero-order chi connectivity index (χ0) is 17.2. The van der Waals surface area contributed by atoms with Gasteiger partial charge in [0, 0.05) is 18.7 Å². The van der Waals surface area contributed by atoms with Gasteiger partial charge in [0.2, 0.25) is 5.91 Å². The second-order valence-electron chi connectivity index (χ2n) is 6.85. The monoisotopic (exact) mass is 334 g/mol. The molecule has 1 fully saturated rings. The van der Waals surface area contributed by atoms with Gasteiger partial charge in [0.15, 0.2) is 0 Å². The number of fused-ring (bicyclic) bond motifs is 1. The van der Waals surface area contributed by atoms with Crippen molar-refractivity contribution in [1.29, 1.82) is 0 Å². The van der Waals surface area contributed by atoms with Crippen molar-refractivity contribution in [2.45, 2.75) is 31.7 Å². The average molecular weight is 334 g/mol. The van der Waals surface area contributed by atoms with Crippen molar-refractivity contribution in [3.05, 3.63) is 70.8 Å². The lowest BCUT2D eigenvalue weighted by Crippen LogP contribution is -2.36. The minimum Gasteiger partial charge on any atom is -0.345 e. The van der Waals surface area contributed by atoms with E-state index < -0.39 is 0 Å². The SMILES string of the molecule is O=C1Cc2ccccc2C(c2ccc(C(=O)N3CCCCC3)cc2)N1. The normalized spacial score (nSPS) is 19.9. The molecule has 0 bridgehead atoms. The zero-order valence-corrected chi connectivity index (χ0v) is 14.2. The van der Waals surface area contributed by atoms with E-state index in [1.54, 1.807) is 0 Å². The maximum Gasteiger partial charge on any atom is 0.253 e. The van der Waals surface area contributed by atoms with Gasteiger partial charge in [-0.3, -0.25) is 9.59 Å². The van der Waals surface area contributed by atoms with E-state index >= 15 is 0 Å². The van der Waals surface area contributed by atoms with Gasteiger partial charge >= 0.3 is 0 Å². The van der Waals surface area contributed by atoms with Gasteiger partial charge in [0.05, 0.1) is 12.5 Å². The van der Waals surface area contributed by atoms with Crippen LogP contribution in [0.1, 0.15) is 52.4 Å². The van der Waals surface area contributed by atoms with Crippen molar-refractivity contribution in [1.82, 2.24) is 10.2 Å². The van der Waals surface area contributed by atoms with E-state index in [0.717, 1.165) is 48.2 Å². The van der Waals surface area contributed by atoms with Crippen LogP contribution < -0.4 is 5.32 Å².